The van der Waals surface area contributed by atoms with Gasteiger partial charge in [-0.3, -0.25) is 19.3 Å². The summed E-state index contributed by atoms with van der Waals surface area (Å²) in [5, 5.41) is 4.58. The fraction of sp³-hybridized carbons (Fsp3) is 0.192. The Morgan fingerprint density at radius 2 is 1.79 bits per heavy atom. The number of amides is 3. The number of benzene rings is 3. The number of fused-ring (bicyclic) bond motifs is 1. The summed E-state index contributed by atoms with van der Waals surface area (Å²) in [4.78, 5) is 39.2. The molecule has 6 nitrogen and oxygen atoms in total. The molecular weight excluding hydrogens is 436 g/mol. The first-order chi connectivity index (χ1) is 16.0. The molecule has 3 amide bonds. The maximum atomic E-state index is 12.7. The quantitative estimate of drug-likeness (QED) is 0.513. The van der Waals surface area contributed by atoms with Gasteiger partial charge in [-0.25, -0.2) is 0 Å². The second-order valence-corrected chi connectivity index (χ2v) is 8.72. The number of ether oxygens (including phenoxy) is 1. The SMILES string of the molecule is COc1ccc2cc([C@H](C)C(=O)NCCN3C(=O)S/C(=C/c4ccccc4)C3=O)ccc2c1. The third-order valence-electron chi connectivity index (χ3n) is 5.57. The van der Waals surface area contributed by atoms with E-state index in [4.69, 9.17) is 4.74 Å². The lowest BCUT2D eigenvalue weighted by atomic mass is 9.97. The molecule has 3 aromatic rings. The predicted molar refractivity (Wildman–Crippen MR) is 131 cm³/mol. The number of rotatable bonds is 7. The second kappa shape index (κ2) is 9.92. The molecule has 7 heteroatoms. The summed E-state index contributed by atoms with van der Waals surface area (Å²) in [5.74, 6) is -0.0767. The number of nitrogens with zero attached hydrogens (tertiary/aromatic N) is 1. The molecule has 0 bridgehead atoms. The molecule has 33 heavy (non-hydrogen) atoms. The number of imide groups is 1. The largest absolute Gasteiger partial charge is 0.497 e. The summed E-state index contributed by atoms with van der Waals surface area (Å²) in [5.41, 5.74) is 1.75. The van der Waals surface area contributed by atoms with Crippen LogP contribution in [-0.4, -0.2) is 42.2 Å². The molecule has 1 fully saturated rings. The molecule has 0 aliphatic carbocycles. The Morgan fingerprint density at radius 1 is 1.06 bits per heavy atom. The van der Waals surface area contributed by atoms with Crippen molar-refractivity contribution in [3.8, 4) is 5.75 Å². The normalized spacial score (nSPS) is 15.8. The minimum atomic E-state index is -0.371. The number of carbonyl (C=O) groups excluding carboxylic acids is 3. The molecule has 3 aromatic carbocycles. The van der Waals surface area contributed by atoms with E-state index in [0.29, 0.717) is 4.91 Å². The van der Waals surface area contributed by atoms with Gasteiger partial charge in [0.05, 0.1) is 17.9 Å². The number of methoxy groups -OCH3 is 1. The minimum absolute atomic E-state index is 0.132. The van der Waals surface area contributed by atoms with Crippen LogP contribution in [0.15, 0.2) is 71.6 Å². The highest BCUT2D eigenvalue weighted by Gasteiger charge is 2.34. The molecule has 1 aliphatic rings. The number of carbonyl (C=O) groups is 3. The van der Waals surface area contributed by atoms with Crippen LogP contribution < -0.4 is 10.1 Å². The average Bonchev–Trinajstić information content (AvgIpc) is 3.10. The van der Waals surface area contributed by atoms with Crippen LogP contribution in [0.4, 0.5) is 4.79 Å². The fourth-order valence-corrected chi connectivity index (χ4v) is 4.49. The third kappa shape index (κ3) is 5.09. The molecule has 0 unspecified atom stereocenters. The molecule has 1 heterocycles. The van der Waals surface area contributed by atoms with E-state index in [-0.39, 0.29) is 36.1 Å². The van der Waals surface area contributed by atoms with Crippen molar-refractivity contribution in [1.82, 2.24) is 10.2 Å². The number of hydrogen-bond donors (Lipinski definition) is 1. The molecular formula is C26H24N2O4S. The van der Waals surface area contributed by atoms with Gasteiger partial charge in [-0.15, -0.1) is 0 Å². The lowest BCUT2D eigenvalue weighted by Gasteiger charge is -2.16. The zero-order chi connectivity index (χ0) is 23.4. The third-order valence-corrected chi connectivity index (χ3v) is 6.48. The van der Waals surface area contributed by atoms with Crippen LogP contribution in [0.5, 0.6) is 5.75 Å². The highest BCUT2D eigenvalue weighted by molar-refractivity contribution is 8.18. The van der Waals surface area contributed by atoms with Gasteiger partial charge in [-0.05, 0) is 58.8 Å². The summed E-state index contributed by atoms with van der Waals surface area (Å²) in [6.45, 7) is 2.17. The highest BCUT2D eigenvalue weighted by Crippen LogP contribution is 2.32. The van der Waals surface area contributed by atoms with Gasteiger partial charge >= 0.3 is 0 Å². The van der Waals surface area contributed by atoms with Crippen molar-refractivity contribution in [1.29, 1.82) is 0 Å². The van der Waals surface area contributed by atoms with E-state index in [1.807, 2.05) is 73.7 Å². The number of hydrogen-bond acceptors (Lipinski definition) is 5. The standard InChI is InChI=1S/C26H24N2O4S/c1-17(19-8-9-21-16-22(32-2)11-10-20(21)15-19)24(29)27-12-13-28-25(30)23(33-26(28)31)14-18-6-4-3-5-7-18/h3-11,14-17H,12-13H2,1-2H3,(H,27,29)/b23-14+/t17-/m0/s1. The Bertz CT molecular complexity index is 1240. The first-order valence-corrected chi connectivity index (χ1v) is 11.4. The zero-order valence-corrected chi connectivity index (χ0v) is 19.2. The lowest BCUT2D eigenvalue weighted by Crippen LogP contribution is -2.38. The van der Waals surface area contributed by atoms with Gasteiger partial charge in [-0.1, -0.05) is 54.6 Å². The van der Waals surface area contributed by atoms with E-state index in [1.165, 1.54) is 4.90 Å². The van der Waals surface area contributed by atoms with Gasteiger partial charge in [0.25, 0.3) is 11.1 Å². The van der Waals surface area contributed by atoms with Crippen LogP contribution in [0.3, 0.4) is 0 Å². The first kappa shape index (κ1) is 22.6. The van der Waals surface area contributed by atoms with Gasteiger partial charge < -0.3 is 10.1 Å². The average molecular weight is 461 g/mol. The van der Waals surface area contributed by atoms with Gasteiger partial charge in [-0.2, -0.15) is 0 Å². The van der Waals surface area contributed by atoms with Crippen LogP contribution >= 0.6 is 11.8 Å². The summed E-state index contributed by atoms with van der Waals surface area (Å²) in [6.07, 6.45) is 1.71. The van der Waals surface area contributed by atoms with Gasteiger partial charge in [0.15, 0.2) is 0 Å². The lowest BCUT2D eigenvalue weighted by molar-refractivity contribution is -0.124. The number of nitrogens with one attached hydrogen (secondary N) is 1. The molecule has 0 saturated carbocycles. The van der Waals surface area contributed by atoms with Crippen LogP contribution in [0, 0.1) is 0 Å². The van der Waals surface area contributed by atoms with Crippen molar-refractivity contribution in [2.24, 2.45) is 0 Å². The van der Waals surface area contributed by atoms with Crippen LogP contribution in [0.2, 0.25) is 0 Å². The first-order valence-electron chi connectivity index (χ1n) is 10.6. The fourth-order valence-electron chi connectivity index (χ4n) is 3.63. The molecule has 1 saturated heterocycles. The van der Waals surface area contributed by atoms with Crippen LogP contribution in [0.25, 0.3) is 16.8 Å². The van der Waals surface area contributed by atoms with Crippen molar-refractivity contribution in [2.45, 2.75) is 12.8 Å². The van der Waals surface area contributed by atoms with E-state index in [9.17, 15) is 14.4 Å². The van der Waals surface area contributed by atoms with E-state index in [1.54, 1.807) is 13.2 Å². The van der Waals surface area contributed by atoms with Crippen molar-refractivity contribution in [3.63, 3.8) is 0 Å². The molecule has 1 atom stereocenters. The Hall–Kier alpha value is -3.58. The number of thioether (sulfide) groups is 1. The van der Waals surface area contributed by atoms with E-state index >= 15 is 0 Å². The zero-order valence-electron chi connectivity index (χ0n) is 18.4. The minimum Gasteiger partial charge on any atom is -0.497 e. The molecule has 168 valence electrons. The van der Waals surface area contributed by atoms with Crippen LogP contribution in [-0.2, 0) is 9.59 Å². The van der Waals surface area contributed by atoms with E-state index < -0.39 is 0 Å². The molecule has 0 spiro atoms. The molecule has 4 rings (SSSR count). The van der Waals surface area contributed by atoms with Gasteiger partial charge in [0.2, 0.25) is 5.91 Å². The van der Waals surface area contributed by atoms with Gasteiger partial charge in [0.1, 0.15) is 5.75 Å². The Labute approximate surface area is 196 Å². The second-order valence-electron chi connectivity index (χ2n) is 7.73. The maximum Gasteiger partial charge on any atom is 0.293 e. The van der Waals surface area contributed by atoms with Gasteiger partial charge in [0, 0.05) is 13.1 Å². The predicted octanol–water partition coefficient (Wildman–Crippen LogP) is 4.80. The molecule has 0 radical (unpaired) electrons. The summed E-state index contributed by atoms with van der Waals surface area (Å²) < 4.78 is 5.26. The van der Waals surface area contributed by atoms with E-state index in [2.05, 4.69) is 5.32 Å². The summed E-state index contributed by atoms with van der Waals surface area (Å²) >= 11 is 0.919. The summed E-state index contributed by atoms with van der Waals surface area (Å²) in [7, 11) is 1.63. The monoisotopic (exact) mass is 460 g/mol. The van der Waals surface area contributed by atoms with Crippen LogP contribution in [0.1, 0.15) is 24.0 Å². The molecule has 0 aromatic heterocycles. The topological polar surface area (TPSA) is 75.7 Å². The Morgan fingerprint density at radius 3 is 2.55 bits per heavy atom. The van der Waals surface area contributed by atoms with Crippen molar-refractivity contribution in [3.05, 3.63) is 82.8 Å². The van der Waals surface area contributed by atoms with Crippen molar-refractivity contribution >= 4 is 45.7 Å². The van der Waals surface area contributed by atoms with E-state index in [0.717, 1.165) is 39.4 Å². The molecule has 1 aliphatic heterocycles. The summed E-state index contributed by atoms with van der Waals surface area (Å²) in [6, 6.07) is 21.1. The Kier molecular flexibility index (Phi) is 6.79. The smallest absolute Gasteiger partial charge is 0.293 e. The highest BCUT2D eigenvalue weighted by atomic mass is 32.2. The van der Waals surface area contributed by atoms with Crippen molar-refractivity contribution in [2.75, 3.05) is 20.2 Å². The van der Waals surface area contributed by atoms with Crippen molar-refractivity contribution < 1.29 is 19.1 Å². The maximum absolute atomic E-state index is 12.7. The molecule has 1 N–H and O–H groups in total. The Balaban J connectivity index is 1.35.